The van der Waals surface area contributed by atoms with E-state index in [2.05, 4.69) is 26.8 Å². The average Bonchev–Trinajstić information content (AvgIpc) is 3.39. The van der Waals surface area contributed by atoms with Crippen molar-refractivity contribution in [2.24, 2.45) is 5.92 Å². The molecule has 2 aliphatic heterocycles. The minimum atomic E-state index is -0.935. The Kier molecular flexibility index (Phi) is 7.84. The summed E-state index contributed by atoms with van der Waals surface area (Å²) in [7, 11) is 2.57. The van der Waals surface area contributed by atoms with Gasteiger partial charge in [-0.15, -0.1) is 0 Å². The number of allylic oxidation sites excluding steroid dienone is 1. The van der Waals surface area contributed by atoms with Crippen molar-refractivity contribution in [3.63, 3.8) is 0 Å². The highest BCUT2D eigenvalue weighted by atomic mass is 19.1. The number of aromatic nitrogens is 3. The van der Waals surface area contributed by atoms with Crippen molar-refractivity contribution < 1.29 is 32.5 Å². The fourth-order valence-electron chi connectivity index (χ4n) is 4.80. The van der Waals surface area contributed by atoms with Gasteiger partial charge in [0.25, 0.3) is 0 Å². The number of carbonyl (C=O) groups is 1. The smallest absolute Gasteiger partial charge is 0.179 e. The van der Waals surface area contributed by atoms with Crippen molar-refractivity contribution in [2.75, 3.05) is 64.0 Å². The van der Waals surface area contributed by atoms with E-state index in [4.69, 9.17) is 18.9 Å². The second-order valence-electron chi connectivity index (χ2n) is 9.26. The zero-order valence-corrected chi connectivity index (χ0v) is 21.7. The van der Waals surface area contributed by atoms with E-state index < -0.39 is 17.2 Å². The van der Waals surface area contributed by atoms with Gasteiger partial charge in [0.2, 0.25) is 0 Å². The molecule has 2 aromatic heterocycles. The SMILES string of the molecule is C=CC(=O)C[C@H]1COC[C@H]1Nc1cc2c(N3CCOCC3)nc(-c3c(F)c(OC)cc(OC)c3F)nc2cn1. The molecule has 2 saturated heterocycles. The van der Waals surface area contributed by atoms with Gasteiger partial charge in [-0.05, 0) is 12.1 Å². The van der Waals surface area contributed by atoms with Crippen LogP contribution in [-0.2, 0) is 14.3 Å². The summed E-state index contributed by atoms with van der Waals surface area (Å²) in [5.41, 5.74) is -0.0590. The minimum Gasteiger partial charge on any atom is -0.494 e. The van der Waals surface area contributed by atoms with Crippen LogP contribution in [0.15, 0.2) is 31.0 Å². The maximum Gasteiger partial charge on any atom is 0.179 e. The lowest BCUT2D eigenvalue weighted by Gasteiger charge is -2.29. The van der Waals surface area contributed by atoms with Gasteiger partial charge in [0.15, 0.2) is 34.7 Å². The largest absolute Gasteiger partial charge is 0.494 e. The number of benzene rings is 1. The van der Waals surface area contributed by atoms with Crippen LogP contribution >= 0.6 is 0 Å². The molecule has 1 N–H and O–H groups in total. The van der Waals surface area contributed by atoms with E-state index in [1.165, 1.54) is 26.5 Å². The highest BCUT2D eigenvalue weighted by Crippen LogP contribution is 2.38. The molecule has 0 unspecified atom stereocenters. The van der Waals surface area contributed by atoms with Crippen LogP contribution in [0.2, 0.25) is 0 Å². The van der Waals surface area contributed by atoms with Gasteiger partial charge in [-0.2, -0.15) is 0 Å². The summed E-state index contributed by atoms with van der Waals surface area (Å²) in [6, 6.07) is 2.81. The quantitative estimate of drug-likeness (QED) is 0.405. The Morgan fingerprint density at radius 3 is 2.51 bits per heavy atom. The van der Waals surface area contributed by atoms with Crippen molar-refractivity contribution in [3.8, 4) is 22.9 Å². The third kappa shape index (κ3) is 5.34. The zero-order chi connectivity index (χ0) is 27.5. The van der Waals surface area contributed by atoms with Crippen molar-refractivity contribution in [2.45, 2.75) is 12.5 Å². The summed E-state index contributed by atoms with van der Waals surface area (Å²) in [4.78, 5) is 27.5. The Hall–Kier alpha value is -3.90. The van der Waals surface area contributed by atoms with Gasteiger partial charge in [0.05, 0.1) is 64.0 Å². The number of ether oxygens (including phenoxy) is 4. The molecule has 39 heavy (non-hydrogen) atoms. The maximum absolute atomic E-state index is 15.4. The fraction of sp³-hybridized carbons (Fsp3) is 0.407. The van der Waals surface area contributed by atoms with Crippen LogP contribution in [0, 0.1) is 17.6 Å². The molecular weight excluding hydrogens is 512 g/mol. The standard InChI is InChI=1S/C27H29F2N5O5/c1-4-16(35)9-15-13-39-14-19(15)31-22-10-17-18(12-30-22)32-26(33-27(17)34-5-7-38-8-6-34)23-24(28)20(36-2)11-21(37-3)25(23)29/h4,10-12,15,19H,1,5-9,13-14H2,2-3H3,(H,30,31)/t15-,19+/m0/s1. The Labute approximate surface area is 223 Å². The first-order valence-corrected chi connectivity index (χ1v) is 12.5. The van der Waals surface area contributed by atoms with Crippen LogP contribution in [0.5, 0.6) is 11.5 Å². The van der Waals surface area contributed by atoms with Gasteiger partial charge < -0.3 is 29.2 Å². The summed E-state index contributed by atoms with van der Waals surface area (Å²) in [6.45, 7) is 6.45. The Morgan fingerprint density at radius 2 is 1.85 bits per heavy atom. The Bertz CT molecular complexity index is 1370. The van der Waals surface area contributed by atoms with Crippen LogP contribution in [0.25, 0.3) is 22.3 Å². The molecule has 10 nitrogen and oxygen atoms in total. The number of morpholine rings is 1. The molecule has 0 bridgehead atoms. The summed E-state index contributed by atoms with van der Waals surface area (Å²) < 4.78 is 52.0. The molecule has 0 amide bonds. The summed E-state index contributed by atoms with van der Waals surface area (Å²) in [6.07, 6.45) is 3.16. The van der Waals surface area contributed by atoms with Crippen LogP contribution < -0.4 is 19.7 Å². The summed E-state index contributed by atoms with van der Waals surface area (Å²) >= 11 is 0. The van der Waals surface area contributed by atoms with Crippen molar-refractivity contribution in [1.82, 2.24) is 15.0 Å². The third-order valence-corrected chi connectivity index (χ3v) is 6.89. The lowest BCUT2D eigenvalue weighted by Crippen LogP contribution is -2.37. The number of nitrogens with zero attached hydrogens (tertiary/aromatic N) is 4. The molecule has 1 aromatic carbocycles. The van der Waals surface area contributed by atoms with Crippen LogP contribution in [0.4, 0.5) is 20.4 Å². The summed E-state index contributed by atoms with van der Waals surface area (Å²) in [5, 5.41) is 4.01. The highest BCUT2D eigenvalue weighted by Gasteiger charge is 2.30. The van der Waals surface area contributed by atoms with Crippen LogP contribution in [0.3, 0.4) is 0 Å². The molecule has 0 saturated carbocycles. The maximum atomic E-state index is 15.4. The fourth-order valence-corrected chi connectivity index (χ4v) is 4.80. The number of halogens is 2. The zero-order valence-electron chi connectivity index (χ0n) is 21.7. The van der Waals surface area contributed by atoms with Gasteiger partial charge >= 0.3 is 0 Å². The third-order valence-electron chi connectivity index (χ3n) is 6.89. The average molecular weight is 542 g/mol. The second-order valence-corrected chi connectivity index (χ2v) is 9.26. The van der Waals surface area contributed by atoms with Gasteiger partial charge in [-0.1, -0.05) is 6.58 Å². The van der Waals surface area contributed by atoms with E-state index in [9.17, 15) is 4.79 Å². The predicted octanol–water partition coefficient (Wildman–Crippen LogP) is 3.40. The number of ketones is 1. The molecule has 0 spiro atoms. The molecule has 2 aliphatic rings. The number of hydrogen-bond donors (Lipinski definition) is 1. The molecule has 4 heterocycles. The van der Waals surface area contributed by atoms with Crippen molar-refractivity contribution in [1.29, 1.82) is 0 Å². The number of anilines is 2. The number of carbonyl (C=O) groups excluding carboxylic acids is 1. The number of rotatable bonds is 9. The summed E-state index contributed by atoms with van der Waals surface area (Å²) in [5.74, 6) is -1.46. The van der Waals surface area contributed by atoms with Gasteiger partial charge in [-0.25, -0.2) is 23.7 Å². The molecule has 0 aliphatic carbocycles. The normalized spacial score (nSPS) is 19.2. The molecule has 3 aromatic rings. The van der Waals surface area contributed by atoms with Crippen molar-refractivity contribution >= 4 is 28.3 Å². The number of methoxy groups -OCH3 is 2. The first kappa shape index (κ1) is 26.7. The van der Waals surface area contributed by atoms with E-state index in [0.717, 1.165) is 6.07 Å². The second kappa shape index (κ2) is 11.5. The molecule has 2 atom stereocenters. The number of hydrogen-bond acceptors (Lipinski definition) is 10. The number of fused-ring (bicyclic) bond motifs is 1. The topological polar surface area (TPSA) is 108 Å². The first-order valence-electron chi connectivity index (χ1n) is 12.5. The van der Waals surface area contributed by atoms with E-state index in [1.807, 2.05) is 4.90 Å². The molecular formula is C27H29F2N5O5. The number of pyridine rings is 1. The molecule has 12 heteroatoms. The van der Waals surface area contributed by atoms with Crippen LogP contribution in [0.1, 0.15) is 6.42 Å². The molecule has 0 radical (unpaired) electrons. The van der Waals surface area contributed by atoms with E-state index in [0.29, 0.717) is 68.5 Å². The van der Waals surface area contributed by atoms with E-state index in [-0.39, 0.29) is 35.1 Å². The van der Waals surface area contributed by atoms with Gasteiger partial charge in [0, 0.05) is 36.9 Å². The van der Waals surface area contributed by atoms with E-state index in [1.54, 1.807) is 6.07 Å². The Morgan fingerprint density at radius 1 is 1.13 bits per heavy atom. The first-order chi connectivity index (χ1) is 18.9. The number of nitrogens with one attached hydrogen (secondary N) is 1. The Balaban J connectivity index is 1.59. The van der Waals surface area contributed by atoms with E-state index >= 15 is 8.78 Å². The lowest BCUT2D eigenvalue weighted by molar-refractivity contribution is -0.115. The minimum absolute atomic E-state index is 0.0284. The monoisotopic (exact) mass is 541 g/mol. The molecule has 206 valence electrons. The van der Waals surface area contributed by atoms with Gasteiger partial charge in [0.1, 0.15) is 11.6 Å². The van der Waals surface area contributed by atoms with Crippen LogP contribution in [-0.4, -0.2) is 80.5 Å². The molecule has 5 rings (SSSR count). The van der Waals surface area contributed by atoms with Gasteiger partial charge in [-0.3, -0.25) is 4.79 Å². The lowest BCUT2D eigenvalue weighted by atomic mass is 9.97. The van der Waals surface area contributed by atoms with Crippen molar-refractivity contribution in [3.05, 3.63) is 42.6 Å². The highest BCUT2D eigenvalue weighted by molar-refractivity contribution is 5.92. The molecule has 2 fully saturated rings. The predicted molar refractivity (Wildman–Crippen MR) is 140 cm³/mol.